The van der Waals surface area contributed by atoms with E-state index in [9.17, 15) is 0 Å². The largest absolute Gasteiger partial charge is 0.316 e. The first-order valence-corrected chi connectivity index (χ1v) is 7.51. The monoisotopic (exact) mass is 254 g/mol. The zero-order valence-electron chi connectivity index (χ0n) is 10.9. The summed E-state index contributed by atoms with van der Waals surface area (Å²) in [6.07, 6.45) is 3.98. The molecule has 0 aromatic carbocycles. The molecule has 1 aromatic rings. The Labute approximate surface area is 108 Å². The van der Waals surface area contributed by atoms with Crippen LogP contribution in [-0.2, 0) is 6.42 Å². The minimum atomic E-state index is 0.392. The van der Waals surface area contributed by atoms with Crippen molar-refractivity contribution in [3.63, 3.8) is 0 Å². The predicted octanol–water partition coefficient (Wildman–Crippen LogP) is 1.74. The van der Waals surface area contributed by atoms with Crippen molar-refractivity contribution in [2.24, 2.45) is 5.92 Å². The van der Waals surface area contributed by atoms with Crippen LogP contribution in [0, 0.1) is 5.92 Å². The van der Waals surface area contributed by atoms with Gasteiger partial charge in [0.05, 0.1) is 0 Å². The first-order valence-electron chi connectivity index (χ1n) is 6.35. The van der Waals surface area contributed by atoms with Crippen molar-refractivity contribution in [1.29, 1.82) is 0 Å². The molecule has 1 aliphatic rings. The second-order valence-electron chi connectivity index (χ2n) is 4.94. The van der Waals surface area contributed by atoms with Crippen LogP contribution in [0.25, 0.3) is 0 Å². The zero-order chi connectivity index (χ0) is 12.3. The van der Waals surface area contributed by atoms with E-state index in [0.29, 0.717) is 12.1 Å². The van der Waals surface area contributed by atoms with Gasteiger partial charge in [0, 0.05) is 18.5 Å². The van der Waals surface area contributed by atoms with Gasteiger partial charge < -0.3 is 5.32 Å². The van der Waals surface area contributed by atoms with E-state index < -0.39 is 0 Å². The highest BCUT2D eigenvalue weighted by molar-refractivity contribution is 7.99. The summed E-state index contributed by atoms with van der Waals surface area (Å²) in [5.41, 5.74) is 0. The smallest absolute Gasteiger partial charge is 0.138 e. The Hall–Kier alpha value is -0.550. The highest BCUT2D eigenvalue weighted by atomic mass is 32.2. The number of rotatable bonds is 5. The molecule has 0 radical (unpaired) electrons. The number of aromatic nitrogens is 3. The molecule has 0 aliphatic carbocycles. The molecule has 0 amide bonds. The van der Waals surface area contributed by atoms with Gasteiger partial charge in [-0.1, -0.05) is 0 Å². The highest BCUT2D eigenvalue weighted by Crippen LogP contribution is 2.27. The molecular weight excluding hydrogens is 232 g/mol. The standard InChI is InChI=1S/C12H22N4S/c1-9(2)16-12(14-8-15-16)6-11(13-3)10-4-5-17-7-10/h8-11,13H,4-7H2,1-3H3. The minimum absolute atomic E-state index is 0.392. The van der Waals surface area contributed by atoms with Crippen molar-refractivity contribution in [3.05, 3.63) is 12.2 Å². The molecule has 2 heterocycles. The molecule has 4 nitrogen and oxygen atoms in total. The lowest BCUT2D eigenvalue weighted by molar-refractivity contribution is 0.383. The lowest BCUT2D eigenvalue weighted by Gasteiger charge is -2.22. The van der Waals surface area contributed by atoms with Gasteiger partial charge in [0.2, 0.25) is 0 Å². The molecule has 96 valence electrons. The van der Waals surface area contributed by atoms with E-state index in [1.54, 1.807) is 6.33 Å². The third kappa shape index (κ3) is 3.01. The topological polar surface area (TPSA) is 42.7 Å². The Balaban J connectivity index is 2.04. The summed E-state index contributed by atoms with van der Waals surface area (Å²) in [6, 6.07) is 0.926. The molecule has 2 rings (SSSR count). The van der Waals surface area contributed by atoms with E-state index in [-0.39, 0.29) is 0 Å². The summed E-state index contributed by atoms with van der Waals surface area (Å²) in [7, 11) is 2.06. The number of nitrogens with one attached hydrogen (secondary N) is 1. The summed E-state index contributed by atoms with van der Waals surface area (Å²) in [4.78, 5) is 4.40. The summed E-state index contributed by atoms with van der Waals surface area (Å²) in [5, 5.41) is 7.76. The van der Waals surface area contributed by atoms with Gasteiger partial charge in [-0.25, -0.2) is 9.67 Å². The highest BCUT2D eigenvalue weighted by Gasteiger charge is 2.26. The van der Waals surface area contributed by atoms with Crippen LogP contribution < -0.4 is 5.32 Å². The Kier molecular flexibility index (Phi) is 4.45. The molecule has 0 bridgehead atoms. The Morgan fingerprint density at radius 1 is 1.59 bits per heavy atom. The summed E-state index contributed by atoms with van der Waals surface area (Å²) in [6.45, 7) is 4.30. The Bertz CT molecular complexity index is 344. The van der Waals surface area contributed by atoms with E-state index >= 15 is 0 Å². The number of hydrogen-bond donors (Lipinski definition) is 1. The van der Waals surface area contributed by atoms with E-state index in [1.807, 2.05) is 4.68 Å². The summed E-state index contributed by atoms with van der Waals surface area (Å²) in [5.74, 6) is 4.47. The van der Waals surface area contributed by atoms with Crippen LogP contribution >= 0.6 is 11.8 Å². The number of nitrogens with zero attached hydrogens (tertiary/aromatic N) is 3. The molecule has 5 heteroatoms. The van der Waals surface area contributed by atoms with Gasteiger partial charge in [-0.3, -0.25) is 0 Å². The second-order valence-corrected chi connectivity index (χ2v) is 6.09. The molecule has 1 saturated heterocycles. The number of thioether (sulfide) groups is 1. The molecule has 2 unspecified atom stereocenters. The van der Waals surface area contributed by atoms with Crippen LogP contribution in [0.3, 0.4) is 0 Å². The fourth-order valence-electron chi connectivity index (χ4n) is 2.42. The second kappa shape index (κ2) is 5.87. The van der Waals surface area contributed by atoms with E-state index in [1.165, 1.54) is 17.9 Å². The van der Waals surface area contributed by atoms with Crippen LogP contribution in [0.4, 0.5) is 0 Å². The van der Waals surface area contributed by atoms with Gasteiger partial charge in [-0.05, 0) is 44.7 Å². The summed E-state index contributed by atoms with van der Waals surface area (Å²) < 4.78 is 2.03. The van der Waals surface area contributed by atoms with Crippen molar-refractivity contribution in [2.75, 3.05) is 18.6 Å². The van der Waals surface area contributed by atoms with Crippen molar-refractivity contribution in [1.82, 2.24) is 20.1 Å². The summed E-state index contributed by atoms with van der Waals surface area (Å²) >= 11 is 2.07. The zero-order valence-corrected chi connectivity index (χ0v) is 11.7. The lowest BCUT2D eigenvalue weighted by Crippen LogP contribution is -2.36. The Morgan fingerprint density at radius 2 is 2.41 bits per heavy atom. The van der Waals surface area contributed by atoms with Crippen molar-refractivity contribution < 1.29 is 0 Å². The van der Waals surface area contributed by atoms with Crippen LogP contribution in [0.1, 0.15) is 32.1 Å². The molecule has 1 N–H and O–H groups in total. The molecule has 1 fully saturated rings. The van der Waals surface area contributed by atoms with Gasteiger partial charge in [-0.15, -0.1) is 0 Å². The average Bonchev–Trinajstić information content (AvgIpc) is 2.96. The Morgan fingerprint density at radius 3 is 3.00 bits per heavy atom. The van der Waals surface area contributed by atoms with E-state index in [2.05, 4.69) is 48.1 Å². The molecule has 1 aliphatic heterocycles. The van der Waals surface area contributed by atoms with Crippen molar-refractivity contribution in [3.8, 4) is 0 Å². The fraction of sp³-hybridized carbons (Fsp3) is 0.833. The van der Waals surface area contributed by atoms with Crippen LogP contribution in [0.2, 0.25) is 0 Å². The van der Waals surface area contributed by atoms with Gasteiger partial charge in [0.15, 0.2) is 0 Å². The molecule has 1 aromatic heterocycles. The number of hydrogen-bond acceptors (Lipinski definition) is 4. The van der Waals surface area contributed by atoms with Gasteiger partial charge in [-0.2, -0.15) is 16.9 Å². The molecular formula is C12H22N4S. The maximum absolute atomic E-state index is 4.40. The predicted molar refractivity (Wildman–Crippen MR) is 72.4 cm³/mol. The molecule has 0 saturated carbocycles. The first kappa shape index (κ1) is 12.9. The maximum atomic E-state index is 4.40. The molecule has 17 heavy (non-hydrogen) atoms. The fourth-order valence-corrected chi connectivity index (χ4v) is 3.76. The van der Waals surface area contributed by atoms with Crippen molar-refractivity contribution >= 4 is 11.8 Å². The third-order valence-electron chi connectivity index (χ3n) is 3.44. The minimum Gasteiger partial charge on any atom is -0.316 e. The third-order valence-corrected chi connectivity index (χ3v) is 4.63. The molecule has 2 atom stereocenters. The van der Waals surface area contributed by atoms with Crippen LogP contribution in [-0.4, -0.2) is 39.4 Å². The lowest BCUT2D eigenvalue weighted by atomic mass is 9.96. The SMILES string of the molecule is CNC(Cc1ncnn1C(C)C)C1CCSC1. The van der Waals surface area contributed by atoms with Gasteiger partial charge in [0.25, 0.3) is 0 Å². The quantitative estimate of drug-likeness (QED) is 0.869. The normalized spacial score (nSPS) is 22.2. The van der Waals surface area contributed by atoms with Crippen LogP contribution in [0.15, 0.2) is 6.33 Å². The first-order chi connectivity index (χ1) is 8.22. The average molecular weight is 254 g/mol. The van der Waals surface area contributed by atoms with Crippen molar-refractivity contribution in [2.45, 2.75) is 38.8 Å². The van der Waals surface area contributed by atoms with E-state index in [0.717, 1.165) is 18.2 Å². The molecule has 0 spiro atoms. The maximum Gasteiger partial charge on any atom is 0.138 e. The van der Waals surface area contributed by atoms with Crippen LogP contribution in [0.5, 0.6) is 0 Å². The number of likely N-dealkylation sites (N-methyl/N-ethyl adjacent to an activating group) is 1. The van der Waals surface area contributed by atoms with Gasteiger partial charge >= 0.3 is 0 Å². The van der Waals surface area contributed by atoms with Gasteiger partial charge in [0.1, 0.15) is 12.2 Å². The van der Waals surface area contributed by atoms with E-state index in [4.69, 9.17) is 0 Å².